The van der Waals surface area contributed by atoms with Gasteiger partial charge < -0.3 is 19.5 Å². The molecule has 2 heterocycles. The van der Waals surface area contributed by atoms with Crippen molar-refractivity contribution in [2.75, 3.05) is 18.7 Å². The third-order valence-electron chi connectivity index (χ3n) is 3.62. The standard InChI is InChI=1S/C17H11Cl2N3O4/c18-9-3-11-16(12(19)4-9)20-7-21-17(11)24-6-15(23)22-10-1-2-13-14(5-10)26-8-25-13/h1-5,7H,6,8H2,(H,22,23). The first kappa shape index (κ1) is 16.7. The van der Waals surface area contributed by atoms with Crippen LogP contribution in [0.3, 0.4) is 0 Å². The van der Waals surface area contributed by atoms with E-state index in [4.69, 9.17) is 37.4 Å². The molecule has 0 spiro atoms. The number of carbonyl (C=O) groups excluding carboxylic acids is 1. The van der Waals surface area contributed by atoms with Gasteiger partial charge in [-0.25, -0.2) is 9.97 Å². The SMILES string of the molecule is O=C(COc1ncnc2c(Cl)cc(Cl)cc12)Nc1ccc2c(c1)OCO2. The van der Waals surface area contributed by atoms with Crippen LogP contribution in [0.2, 0.25) is 10.0 Å². The van der Waals surface area contributed by atoms with Gasteiger partial charge in [-0.15, -0.1) is 0 Å². The Bertz CT molecular complexity index is 1010. The molecule has 1 amide bonds. The third kappa shape index (κ3) is 3.31. The van der Waals surface area contributed by atoms with Crippen LogP contribution in [0.5, 0.6) is 17.4 Å². The lowest BCUT2D eigenvalue weighted by atomic mass is 10.2. The van der Waals surface area contributed by atoms with Crippen molar-refractivity contribution in [2.45, 2.75) is 0 Å². The van der Waals surface area contributed by atoms with Crippen LogP contribution in [-0.2, 0) is 4.79 Å². The van der Waals surface area contributed by atoms with Gasteiger partial charge in [-0.2, -0.15) is 0 Å². The average molecular weight is 392 g/mol. The first-order valence-electron chi connectivity index (χ1n) is 7.52. The highest BCUT2D eigenvalue weighted by Gasteiger charge is 2.15. The fraction of sp³-hybridized carbons (Fsp3) is 0.118. The molecule has 9 heteroatoms. The number of ether oxygens (including phenoxy) is 3. The average Bonchev–Trinajstić information content (AvgIpc) is 3.07. The van der Waals surface area contributed by atoms with Crippen LogP contribution < -0.4 is 19.5 Å². The molecule has 1 aliphatic rings. The quantitative estimate of drug-likeness (QED) is 0.730. The summed E-state index contributed by atoms with van der Waals surface area (Å²) in [6.45, 7) is -0.0769. The summed E-state index contributed by atoms with van der Waals surface area (Å²) in [4.78, 5) is 20.3. The summed E-state index contributed by atoms with van der Waals surface area (Å²) in [5, 5.41) is 4.05. The van der Waals surface area contributed by atoms with Crippen molar-refractivity contribution in [3.63, 3.8) is 0 Å². The van der Waals surface area contributed by atoms with Crippen molar-refractivity contribution < 1.29 is 19.0 Å². The minimum atomic E-state index is -0.358. The number of amides is 1. The zero-order valence-corrected chi connectivity index (χ0v) is 14.7. The molecule has 0 fully saturated rings. The van der Waals surface area contributed by atoms with Crippen molar-refractivity contribution in [2.24, 2.45) is 0 Å². The van der Waals surface area contributed by atoms with Gasteiger partial charge in [-0.05, 0) is 24.3 Å². The zero-order chi connectivity index (χ0) is 18.1. The molecule has 4 rings (SSSR count). The van der Waals surface area contributed by atoms with Gasteiger partial charge in [0.1, 0.15) is 6.33 Å². The predicted molar refractivity (Wildman–Crippen MR) is 96.2 cm³/mol. The number of nitrogens with one attached hydrogen (secondary N) is 1. The topological polar surface area (TPSA) is 82.6 Å². The van der Waals surface area contributed by atoms with Crippen LogP contribution in [0.1, 0.15) is 0 Å². The van der Waals surface area contributed by atoms with E-state index in [-0.39, 0.29) is 25.2 Å². The van der Waals surface area contributed by atoms with E-state index >= 15 is 0 Å². The second kappa shape index (κ2) is 6.86. The number of nitrogens with zero attached hydrogens (tertiary/aromatic N) is 2. The van der Waals surface area contributed by atoms with E-state index in [1.807, 2.05) is 0 Å². The fourth-order valence-electron chi connectivity index (χ4n) is 2.49. The van der Waals surface area contributed by atoms with E-state index in [1.165, 1.54) is 6.33 Å². The Labute approximate surface area is 157 Å². The number of fused-ring (bicyclic) bond motifs is 2. The van der Waals surface area contributed by atoms with Gasteiger partial charge in [-0.3, -0.25) is 4.79 Å². The maximum Gasteiger partial charge on any atom is 0.262 e. The molecule has 26 heavy (non-hydrogen) atoms. The number of hydrogen-bond acceptors (Lipinski definition) is 6. The Hall–Kier alpha value is -2.77. The lowest BCUT2D eigenvalue weighted by molar-refractivity contribution is -0.118. The number of benzene rings is 2. The lowest BCUT2D eigenvalue weighted by Gasteiger charge is -2.09. The molecule has 0 atom stereocenters. The minimum absolute atomic E-state index is 0.168. The second-order valence-electron chi connectivity index (χ2n) is 5.37. The molecule has 1 aromatic heterocycles. The van der Waals surface area contributed by atoms with E-state index < -0.39 is 0 Å². The molecule has 0 bridgehead atoms. The Morgan fingerprint density at radius 1 is 1.15 bits per heavy atom. The van der Waals surface area contributed by atoms with Crippen molar-refractivity contribution in [1.29, 1.82) is 0 Å². The number of hydrogen-bond donors (Lipinski definition) is 1. The van der Waals surface area contributed by atoms with Gasteiger partial charge in [-0.1, -0.05) is 23.2 Å². The monoisotopic (exact) mass is 391 g/mol. The summed E-state index contributed by atoms with van der Waals surface area (Å²) in [5.41, 5.74) is 1.07. The summed E-state index contributed by atoms with van der Waals surface area (Å²) in [7, 11) is 0. The molecular formula is C17H11Cl2N3O4. The maximum atomic E-state index is 12.2. The van der Waals surface area contributed by atoms with Gasteiger partial charge in [0.25, 0.3) is 5.91 Å². The van der Waals surface area contributed by atoms with E-state index in [1.54, 1.807) is 30.3 Å². The van der Waals surface area contributed by atoms with Crippen molar-refractivity contribution in [3.05, 3.63) is 46.7 Å². The molecular weight excluding hydrogens is 381 g/mol. The molecule has 3 aromatic rings. The molecule has 0 radical (unpaired) electrons. The maximum absolute atomic E-state index is 12.2. The highest BCUT2D eigenvalue weighted by atomic mass is 35.5. The lowest BCUT2D eigenvalue weighted by Crippen LogP contribution is -2.20. The van der Waals surface area contributed by atoms with Crippen LogP contribution >= 0.6 is 23.2 Å². The van der Waals surface area contributed by atoms with Crippen molar-refractivity contribution in [1.82, 2.24) is 9.97 Å². The van der Waals surface area contributed by atoms with E-state index in [2.05, 4.69) is 15.3 Å². The largest absolute Gasteiger partial charge is 0.467 e. The number of halogens is 2. The number of carbonyl (C=O) groups is 1. The van der Waals surface area contributed by atoms with Crippen molar-refractivity contribution >= 4 is 45.7 Å². The van der Waals surface area contributed by atoms with Crippen molar-refractivity contribution in [3.8, 4) is 17.4 Å². The first-order chi connectivity index (χ1) is 12.6. The number of anilines is 1. The summed E-state index contributed by atoms with van der Waals surface area (Å²) >= 11 is 12.1. The summed E-state index contributed by atoms with van der Waals surface area (Å²) in [6.07, 6.45) is 1.31. The van der Waals surface area contributed by atoms with Gasteiger partial charge in [0.05, 0.1) is 15.9 Å². The normalized spacial score (nSPS) is 12.2. The number of aromatic nitrogens is 2. The van der Waals surface area contributed by atoms with Gasteiger partial charge >= 0.3 is 0 Å². The zero-order valence-electron chi connectivity index (χ0n) is 13.2. The Kier molecular flexibility index (Phi) is 4.40. The molecule has 0 aliphatic carbocycles. The van der Waals surface area contributed by atoms with Crippen LogP contribution in [0.25, 0.3) is 10.9 Å². The highest BCUT2D eigenvalue weighted by Crippen LogP contribution is 2.34. The predicted octanol–water partition coefficient (Wildman–Crippen LogP) is 3.68. The number of rotatable bonds is 4. The first-order valence-corrected chi connectivity index (χ1v) is 8.28. The van der Waals surface area contributed by atoms with Crippen LogP contribution in [-0.4, -0.2) is 29.3 Å². The third-order valence-corrected chi connectivity index (χ3v) is 4.12. The fourth-order valence-corrected chi connectivity index (χ4v) is 3.03. The smallest absolute Gasteiger partial charge is 0.262 e. The minimum Gasteiger partial charge on any atom is -0.467 e. The molecule has 0 saturated heterocycles. The molecule has 0 unspecified atom stereocenters. The second-order valence-corrected chi connectivity index (χ2v) is 6.21. The molecule has 1 N–H and O–H groups in total. The summed E-state index contributed by atoms with van der Waals surface area (Å²) in [5.74, 6) is 1.08. The molecule has 132 valence electrons. The Morgan fingerprint density at radius 2 is 2.00 bits per heavy atom. The highest BCUT2D eigenvalue weighted by molar-refractivity contribution is 6.38. The van der Waals surface area contributed by atoms with Crippen LogP contribution in [0, 0.1) is 0 Å². The van der Waals surface area contributed by atoms with Crippen LogP contribution in [0.15, 0.2) is 36.7 Å². The van der Waals surface area contributed by atoms with Gasteiger partial charge in [0, 0.05) is 16.8 Å². The van der Waals surface area contributed by atoms with E-state index in [9.17, 15) is 4.79 Å². The Morgan fingerprint density at radius 3 is 2.88 bits per heavy atom. The van der Waals surface area contributed by atoms with Gasteiger partial charge in [0.15, 0.2) is 18.1 Å². The van der Waals surface area contributed by atoms with E-state index in [0.717, 1.165) is 0 Å². The summed E-state index contributed by atoms with van der Waals surface area (Å²) < 4.78 is 16.0. The molecule has 1 aliphatic heterocycles. The molecule has 0 saturated carbocycles. The van der Waals surface area contributed by atoms with E-state index in [0.29, 0.717) is 38.1 Å². The molecule has 7 nitrogen and oxygen atoms in total. The van der Waals surface area contributed by atoms with Gasteiger partial charge in [0.2, 0.25) is 12.7 Å². The summed E-state index contributed by atoms with van der Waals surface area (Å²) in [6, 6.07) is 8.33. The van der Waals surface area contributed by atoms with Crippen LogP contribution in [0.4, 0.5) is 5.69 Å². The molecule has 2 aromatic carbocycles. The Balaban J connectivity index is 1.47.